The van der Waals surface area contributed by atoms with Crippen molar-refractivity contribution in [3.8, 4) is 0 Å². The number of carboxylic acids is 1. The van der Waals surface area contributed by atoms with E-state index in [-0.39, 0.29) is 0 Å². The van der Waals surface area contributed by atoms with E-state index < -0.39 is 12.1 Å². The van der Waals surface area contributed by atoms with Gasteiger partial charge in [-0.3, -0.25) is 0 Å². The van der Waals surface area contributed by atoms with Crippen molar-refractivity contribution >= 4 is 5.97 Å². The molecule has 0 heterocycles. The standard InChI is InChI=1S/C10H18O3/c11-9(10(12)13)7-6-8-4-2-1-3-5-8/h8-9,11H,1-7H2,(H,12,13)/t9-/m0/s1. The SMILES string of the molecule is O=C(O)[C@@H](O)CCC1CCCCC1. The minimum atomic E-state index is -1.15. The third kappa shape index (κ3) is 3.77. The predicted molar refractivity (Wildman–Crippen MR) is 49.5 cm³/mol. The quantitative estimate of drug-likeness (QED) is 0.703. The van der Waals surface area contributed by atoms with E-state index >= 15 is 0 Å². The maximum atomic E-state index is 10.3. The molecule has 1 aliphatic rings. The summed E-state index contributed by atoms with van der Waals surface area (Å²) in [5, 5.41) is 17.5. The normalized spacial score (nSPS) is 21.3. The molecule has 1 rings (SSSR count). The number of carboxylic acid groups (broad SMARTS) is 1. The first-order valence-electron chi connectivity index (χ1n) is 5.11. The number of carbonyl (C=O) groups is 1. The highest BCUT2D eigenvalue weighted by molar-refractivity contribution is 5.71. The summed E-state index contributed by atoms with van der Waals surface area (Å²) in [5.74, 6) is -0.432. The van der Waals surface area contributed by atoms with Crippen LogP contribution >= 0.6 is 0 Å². The Labute approximate surface area is 78.8 Å². The van der Waals surface area contributed by atoms with Crippen LogP contribution in [0.3, 0.4) is 0 Å². The van der Waals surface area contributed by atoms with Crippen LogP contribution in [-0.2, 0) is 4.79 Å². The molecule has 13 heavy (non-hydrogen) atoms. The van der Waals surface area contributed by atoms with Gasteiger partial charge in [0.15, 0.2) is 6.10 Å². The Morgan fingerprint density at radius 1 is 1.31 bits per heavy atom. The Hall–Kier alpha value is -0.570. The van der Waals surface area contributed by atoms with E-state index in [1.54, 1.807) is 0 Å². The van der Waals surface area contributed by atoms with E-state index in [0.29, 0.717) is 12.3 Å². The van der Waals surface area contributed by atoms with E-state index in [4.69, 9.17) is 10.2 Å². The van der Waals surface area contributed by atoms with Gasteiger partial charge in [-0.05, 0) is 18.8 Å². The molecule has 0 spiro atoms. The highest BCUT2D eigenvalue weighted by Crippen LogP contribution is 2.27. The minimum absolute atomic E-state index is 0.417. The molecular weight excluding hydrogens is 168 g/mol. The zero-order valence-corrected chi connectivity index (χ0v) is 7.91. The van der Waals surface area contributed by atoms with Gasteiger partial charge in [0.25, 0.3) is 0 Å². The van der Waals surface area contributed by atoms with Gasteiger partial charge < -0.3 is 10.2 Å². The summed E-state index contributed by atoms with van der Waals surface area (Å²) in [4.78, 5) is 10.3. The lowest BCUT2D eigenvalue weighted by molar-refractivity contribution is -0.147. The monoisotopic (exact) mass is 186 g/mol. The van der Waals surface area contributed by atoms with Crippen molar-refractivity contribution in [3.05, 3.63) is 0 Å². The van der Waals surface area contributed by atoms with Crippen molar-refractivity contribution in [2.75, 3.05) is 0 Å². The molecular formula is C10H18O3. The highest BCUT2D eigenvalue weighted by Gasteiger charge is 2.18. The number of hydrogen-bond acceptors (Lipinski definition) is 2. The van der Waals surface area contributed by atoms with E-state index in [1.165, 1.54) is 32.1 Å². The van der Waals surface area contributed by atoms with E-state index in [2.05, 4.69) is 0 Å². The minimum Gasteiger partial charge on any atom is -0.479 e. The Bertz CT molecular complexity index is 162. The van der Waals surface area contributed by atoms with Crippen molar-refractivity contribution < 1.29 is 15.0 Å². The van der Waals surface area contributed by atoms with Crippen molar-refractivity contribution in [2.24, 2.45) is 5.92 Å². The molecule has 0 amide bonds. The van der Waals surface area contributed by atoms with Gasteiger partial charge in [-0.25, -0.2) is 4.79 Å². The maximum absolute atomic E-state index is 10.3. The lowest BCUT2D eigenvalue weighted by Gasteiger charge is -2.21. The summed E-state index contributed by atoms with van der Waals surface area (Å²) < 4.78 is 0. The number of hydrogen-bond donors (Lipinski definition) is 2. The van der Waals surface area contributed by atoms with Gasteiger partial charge in [-0.2, -0.15) is 0 Å². The Kier molecular flexibility index (Phi) is 4.22. The second kappa shape index (κ2) is 5.22. The van der Waals surface area contributed by atoms with Crippen molar-refractivity contribution in [1.82, 2.24) is 0 Å². The molecule has 1 aliphatic carbocycles. The van der Waals surface area contributed by atoms with Gasteiger partial charge in [-0.1, -0.05) is 32.1 Å². The smallest absolute Gasteiger partial charge is 0.332 e. The number of aliphatic hydroxyl groups is 1. The predicted octanol–water partition coefficient (Wildman–Crippen LogP) is 1.79. The first-order chi connectivity index (χ1) is 6.20. The van der Waals surface area contributed by atoms with Crippen LogP contribution < -0.4 is 0 Å². The summed E-state index contributed by atoms with van der Waals surface area (Å²) in [6.45, 7) is 0. The molecule has 0 radical (unpaired) electrons. The average molecular weight is 186 g/mol. The Morgan fingerprint density at radius 2 is 1.92 bits per heavy atom. The van der Waals surface area contributed by atoms with Crippen LogP contribution in [0.25, 0.3) is 0 Å². The molecule has 0 aromatic rings. The summed E-state index contributed by atoms with van der Waals surface area (Å²) in [6.07, 6.45) is 6.42. The zero-order chi connectivity index (χ0) is 9.68. The summed E-state index contributed by atoms with van der Waals surface area (Å²) >= 11 is 0. The fourth-order valence-electron chi connectivity index (χ4n) is 1.99. The van der Waals surface area contributed by atoms with Crippen LogP contribution in [0, 0.1) is 5.92 Å². The lowest BCUT2D eigenvalue weighted by Crippen LogP contribution is -2.20. The van der Waals surface area contributed by atoms with Crippen molar-refractivity contribution in [3.63, 3.8) is 0 Å². The molecule has 2 N–H and O–H groups in total. The molecule has 0 bridgehead atoms. The van der Waals surface area contributed by atoms with Crippen molar-refractivity contribution in [2.45, 2.75) is 51.0 Å². The molecule has 0 aliphatic heterocycles. The molecule has 76 valence electrons. The second-order valence-corrected chi connectivity index (χ2v) is 3.94. The Morgan fingerprint density at radius 3 is 2.46 bits per heavy atom. The number of aliphatic hydroxyl groups excluding tert-OH is 1. The molecule has 3 heteroatoms. The maximum Gasteiger partial charge on any atom is 0.332 e. The summed E-state index contributed by atoms with van der Waals surface area (Å²) in [7, 11) is 0. The van der Waals surface area contributed by atoms with Crippen LogP contribution in [0.2, 0.25) is 0 Å². The van der Waals surface area contributed by atoms with Crippen LogP contribution in [0.5, 0.6) is 0 Å². The second-order valence-electron chi connectivity index (χ2n) is 3.94. The third-order valence-electron chi connectivity index (χ3n) is 2.86. The van der Waals surface area contributed by atoms with Crippen LogP contribution in [0.4, 0.5) is 0 Å². The summed E-state index contributed by atoms with van der Waals surface area (Å²) in [6, 6.07) is 0. The van der Waals surface area contributed by atoms with Gasteiger partial charge in [0.1, 0.15) is 0 Å². The number of aliphatic carboxylic acids is 1. The first-order valence-corrected chi connectivity index (χ1v) is 5.11. The van der Waals surface area contributed by atoms with E-state index in [0.717, 1.165) is 6.42 Å². The molecule has 0 aromatic carbocycles. The topological polar surface area (TPSA) is 57.5 Å². The molecule has 1 atom stereocenters. The van der Waals surface area contributed by atoms with Crippen LogP contribution in [0.1, 0.15) is 44.9 Å². The highest BCUT2D eigenvalue weighted by atomic mass is 16.4. The van der Waals surface area contributed by atoms with Crippen molar-refractivity contribution in [1.29, 1.82) is 0 Å². The molecule has 1 fully saturated rings. The lowest BCUT2D eigenvalue weighted by atomic mass is 9.85. The molecule has 1 saturated carbocycles. The summed E-state index contributed by atoms with van der Waals surface area (Å²) in [5.41, 5.74) is 0. The van der Waals surface area contributed by atoms with Crippen LogP contribution in [0.15, 0.2) is 0 Å². The van der Waals surface area contributed by atoms with Gasteiger partial charge in [-0.15, -0.1) is 0 Å². The molecule has 0 aromatic heterocycles. The fourth-order valence-corrected chi connectivity index (χ4v) is 1.99. The van der Waals surface area contributed by atoms with Gasteiger partial charge in [0.2, 0.25) is 0 Å². The van der Waals surface area contributed by atoms with Gasteiger partial charge in [0.05, 0.1) is 0 Å². The number of rotatable bonds is 4. The largest absolute Gasteiger partial charge is 0.479 e. The third-order valence-corrected chi connectivity index (χ3v) is 2.86. The average Bonchev–Trinajstić information content (AvgIpc) is 2.15. The first kappa shape index (κ1) is 10.5. The van der Waals surface area contributed by atoms with Crippen LogP contribution in [-0.4, -0.2) is 22.3 Å². The van der Waals surface area contributed by atoms with E-state index in [1.807, 2.05) is 0 Å². The molecule has 3 nitrogen and oxygen atoms in total. The zero-order valence-electron chi connectivity index (χ0n) is 7.91. The Balaban J connectivity index is 2.13. The van der Waals surface area contributed by atoms with Gasteiger partial charge in [0, 0.05) is 0 Å². The van der Waals surface area contributed by atoms with Gasteiger partial charge >= 0.3 is 5.97 Å². The molecule has 0 unspecified atom stereocenters. The fraction of sp³-hybridized carbons (Fsp3) is 0.900. The van der Waals surface area contributed by atoms with E-state index in [9.17, 15) is 4.79 Å². The molecule has 0 saturated heterocycles.